The summed E-state index contributed by atoms with van der Waals surface area (Å²) in [6.45, 7) is 0.628. The molecule has 0 bridgehead atoms. The Balaban J connectivity index is 1.75. The fourth-order valence-corrected chi connectivity index (χ4v) is 3.47. The van der Waals surface area contributed by atoms with Crippen LogP contribution in [0.2, 0.25) is 5.02 Å². The van der Waals surface area contributed by atoms with E-state index in [-0.39, 0.29) is 6.61 Å². The maximum absolute atomic E-state index is 13.2. The topological polar surface area (TPSA) is 27.7 Å². The molecule has 0 aliphatic rings. The fraction of sp³-hybridized carbons (Fsp3) is 0.250. The van der Waals surface area contributed by atoms with Crippen LogP contribution in [0.3, 0.4) is 0 Å². The number of benzene rings is 3. The van der Waals surface area contributed by atoms with Crippen LogP contribution in [0.5, 0.6) is 11.5 Å². The number of para-hydroxylation sites is 1. The molecule has 164 valence electrons. The highest BCUT2D eigenvalue weighted by atomic mass is 79.9. The molecule has 3 nitrogen and oxygen atoms in total. The van der Waals surface area contributed by atoms with Gasteiger partial charge in [-0.3, -0.25) is 4.74 Å². The van der Waals surface area contributed by atoms with E-state index in [1.807, 2.05) is 48.5 Å². The smallest absolute Gasteiger partial charge is 0.347 e. The van der Waals surface area contributed by atoms with Crippen molar-refractivity contribution in [1.29, 1.82) is 0 Å². The average Bonchev–Trinajstić information content (AvgIpc) is 2.73. The number of alkyl halides is 2. The molecule has 0 radical (unpaired) electrons. The van der Waals surface area contributed by atoms with Crippen LogP contribution in [0.25, 0.3) is 0 Å². The number of rotatable bonds is 9. The second-order valence-corrected chi connectivity index (χ2v) is 8.71. The van der Waals surface area contributed by atoms with Gasteiger partial charge in [0.05, 0.1) is 11.6 Å². The van der Waals surface area contributed by atoms with Crippen LogP contribution in [0.15, 0.2) is 77.3 Å². The van der Waals surface area contributed by atoms with E-state index in [2.05, 4.69) is 15.9 Å². The molecule has 1 unspecified atom stereocenters. The third-order valence-corrected chi connectivity index (χ3v) is 5.99. The first-order chi connectivity index (χ1) is 14.8. The van der Waals surface area contributed by atoms with Crippen molar-refractivity contribution in [2.24, 2.45) is 0 Å². The van der Waals surface area contributed by atoms with Crippen molar-refractivity contribution < 1.29 is 23.0 Å². The van der Waals surface area contributed by atoms with Crippen LogP contribution < -0.4 is 4.74 Å². The summed E-state index contributed by atoms with van der Waals surface area (Å²) in [5.74, 6) is 1.32. The predicted octanol–water partition coefficient (Wildman–Crippen LogP) is 7.95. The second-order valence-electron chi connectivity index (χ2n) is 7.45. The maximum atomic E-state index is 13.2. The zero-order valence-corrected chi connectivity index (χ0v) is 19.4. The van der Waals surface area contributed by atoms with Gasteiger partial charge in [0.25, 0.3) is 0 Å². The van der Waals surface area contributed by atoms with Gasteiger partial charge in [0.1, 0.15) is 11.5 Å². The summed E-state index contributed by atoms with van der Waals surface area (Å²) in [7, 11) is 0. The lowest BCUT2D eigenvalue weighted by atomic mass is 9.84. The highest BCUT2D eigenvalue weighted by Gasteiger charge is 2.36. The molecule has 0 amide bonds. The van der Waals surface area contributed by atoms with Crippen molar-refractivity contribution in [2.45, 2.75) is 38.8 Å². The Morgan fingerprint density at radius 1 is 0.935 bits per heavy atom. The molecule has 0 fully saturated rings. The highest BCUT2D eigenvalue weighted by molar-refractivity contribution is 9.10. The minimum atomic E-state index is -2.98. The summed E-state index contributed by atoms with van der Waals surface area (Å²) in [4.78, 5) is 0. The molecular formula is C24H22BrClF2O3. The van der Waals surface area contributed by atoms with Crippen molar-refractivity contribution in [2.75, 3.05) is 0 Å². The highest BCUT2D eigenvalue weighted by Crippen LogP contribution is 2.35. The van der Waals surface area contributed by atoms with Crippen molar-refractivity contribution in [3.8, 4) is 11.5 Å². The number of hydrogen-bond donors (Lipinski definition) is 0. The average molecular weight is 512 g/mol. The van der Waals surface area contributed by atoms with E-state index in [4.69, 9.17) is 25.8 Å². The zero-order valence-electron chi connectivity index (χ0n) is 17.0. The van der Waals surface area contributed by atoms with Gasteiger partial charge in [-0.1, -0.05) is 61.8 Å². The summed E-state index contributed by atoms with van der Waals surface area (Å²) < 4.78 is 43.5. The Morgan fingerprint density at radius 3 is 2.32 bits per heavy atom. The zero-order chi connectivity index (χ0) is 22.4. The summed E-state index contributed by atoms with van der Waals surface area (Å²) in [6, 6.07) is 21.9. The van der Waals surface area contributed by atoms with Gasteiger partial charge < -0.3 is 9.47 Å². The third-order valence-electron chi connectivity index (χ3n) is 4.76. The van der Waals surface area contributed by atoms with Crippen molar-refractivity contribution in [3.05, 3.63) is 93.4 Å². The first-order valence-corrected chi connectivity index (χ1v) is 10.8. The Kier molecular flexibility index (Phi) is 8.06. The SMILES string of the molecule is CC(C)(c1ccc(Br)c(Cl)c1)C(OCc1cccc(Oc2ccccc2)c1)OC(F)F. The number of hydrogen-bond acceptors (Lipinski definition) is 3. The van der Waals surface area contributed by atoms with Crippen molar-refractivity contribution in [3.63, 3.8) is 0 Å². The Labute approximate surface area is 194 Å². The molecule has 0 saturated heterocycles. The van der Waals surface area contributed by atoms with Gasteiger partial charge in [0.2, 0.25) is 0 Å². The molecule has 0 N–H and O–H groups in total. The normalized spacial score (nSPS) is 12.7. The van der Waals surface area contributed by atoms with Gasteiger partial charge in [0, 0.05) is 9.89 Å². The largest absolute Gasteiger partial charge is 0.457 e. The van der Waals surface area contributed by atoms with Gasteiger partial charge >= 0.3 is 6.61 Å². The molecule has 0 spiro atoms. The summed E-state index contributed by atoms with van der Waals surface area (Å²) in [6.07, 6.45) is -1.21. The van der Waals surface area contributed by atoms with Gasteiger partial charge in [-0.05, 0) is 63.5 Å². The second kappa shape index (κ2) is 10.6. The van der Waals surface area contributed by atoms with E-state index in [1.54, 1.807) is 38.1 Å². The summed E-state index contributed by atoms with van der Waals surface area (Å²) in [5, 5.41) is 0.479. The van der Waals surface area contributed by atoms with E-state index in [0.29, 0.717) is 22.1 Å². The van der Waals surface area contributed by atoms with Crippen LogP contribution >= 0.6 is 27.5 Å². The van der Waals surface area contributed by atoms with Gasteiger partial charge in [0.15, 0.2) is 6.29 Å². The fourth-order valence-electron chi connectivity index (χ4n) is 3.04. The Bertz CT molecular complexity index is 999. The Morgan fingerprint density at radius 2 is 1.65 bits per heavy atom. The molecule has 31 heavy (non-hydrogen) atoms. The molecule has 7 heteroatoms. The molecular weight excluding hydrogens is 490 g/mol. The molecule has 0 aromatic heterocycles. The predicted molar refractivity (Wildman–Crippen MR) is 121 cm³/mol. The molecule has 0 heterocycles. The lowest BCUT2D eigenvalue weighted by molar-refractivity contribution is -0.270. The molecule has 1 atom stereocenters. The maximum Gasteiger partial charge on any atom is 0.347 e. The first-order valence-electron chi connectivity index (χ1n) is 9.58. The minimum absolute atomic E-state index is 0.0665. The first kappa shape index (κ1) is 23.7. The molecule has 0 aliphatic heterocycles. The minimum Gasteiger partial charge on any atom is -0.457 e. The summed E-state index contributed by atoms with van der Waals surface area (Å²) >= 11 is 9.54. The van der Waals surface area contributed by atoms with Crippen molar-refractivity contribution >= 4 is 27.5 Å². The van der Waals surface area contributed by atoms with Gasteiger partial charge in [-0.2, -0.15) is 8.78 Å². The van der Waals surface area contributed by atoms with Crippen LogP contribution in [-0.4, -0.2) is 12.9 Å². The third kappa shape index (κ3) is 6.50. The Hall–Kier alpha value is -1.99. The van der Waals surface area contributed by atoms with Crippen LogP contribution in [0.4, 0.5) is 8.78 Å². The number of halogens is 4. The van der Waals surface area contributed by atoms with E-state index >= 15 is 0 Å². The van der Waals surface area contributed by atoms with Crippen LogP contribution in [-0.2, 0) is 21.5 Å². The molecule has 0 aliphatic carbocycles. The monoisotopic (exact) mass is 510 g/mol. The standard InChI is InChI=1S/C24H22BrClF2O3/c1-24(2,17-11-12-20(25)21(26)14-17)22(31-23(27)28)29-15-16-7-6-10-19(13-16)30-18-8-4-3-5-9-18/h3-14,22-23H,15H2,1-2H3. The van der Waals surface area contributed by atoms with Crippen LogP contribution in [0, 0.1) is 0 Å². The van der Waals surface area contributed by atoms with E-state index in [9.17, 15) is 8.78 Å². The molecule has 0 saturated carbocycles. The molecule has 3 aromatic rings. The molecule has 3 rings (SSSR count). The number of ether oxygens (including phenoxy) is 3. The quantitative estimate of drug-likeness (QED) is 0.273. The van der Waals surface area contributed by atoms with E-state index in [0.717, 1.165) is 10.0 Å². The van der Waals surface area contributed by atoms with Gasteiger partial charge in [-0.25, -0.2) is 0 Å². The van der Waals surface area contributed by atoms with E-state index < -0.39 is 18.3 Å². The lowest BCUT2D eigenvalue weighted by Gasteiger charge is -2.34. The van der Waals surface area contributed by atoms with Crippen LogP contribution in [0.1, 0.15) is 25.0 Å². The van der Waals surface area contributed by atoms with Gasteiger partial charge in [-0.15, -0.1) is 0 Å². The molecule has 3 aromatic carbocycles. The van der Waals surface area contributed by atoms with Crippen molar-refractivity contribution in [1.82, 2.24) is 0 Å². The lowest BCUT2D eigenvalue weighted by Crippen LogP contribution is -2.39. The van der Waals surface area contributed by atoms with E-state index in [1.165, 1.54) is 0 Å². The summed E-state index contributed by atoms with van der Waals surface area (Å²) in [5.41, 5.74) is 0.590.